The van der Waals surface area contributed by atoms with Gasteiger partial charge in [0.05, 0.1) is 17.6 Å². The smallest absolute Gasteiger partial charge is 0.255 e. The van der Waals surface area contributed by atoms with E-state index in [1.165, 1.54) is 19.2 Å². The summed E-state index contributed by atoms with van der Waals surface area (Å²) in [7, 11) is 1.79. The first kappa shape index (κ1) is 18.6. The number of likely N-dealkylation sites (N-methyl/N-ethyl adjacent to an activating group) is 1. The van der Waals surface area contributed by atoms with E-state index in [1.807, 2.05) is 0 Å². The van der Waals surface area contributed by atoms with Crippen molar-refractivity contribution in [2.45, 2.75) is 20.0 Å². The van der Waals surface area contributed by atoms with Crippen molar-refractivity contribution < 1.29 is 13.9 Å². The van der Waals surface area contributed by atoms with Gasteiger partial charge in [-0.3, -0.25) is 4.79 Å². The number of hydrogen-bond donors (Lipinski definition) is 2. The summed E-state index contributed by atoms with van der Waals surface area (Å²) < 4.78 is 19.6. The summed E-state index contributed by atoms with van der Waals surface area (Å²) >= 11 is 0. The maximum Gasteiger partial charge on any atom is 0.255 e. The van der Waals surface area contributed by atoms with Gasteiger partial charge in [0.25, 0.3) is 5.91 Å². The molecule has 9 heteroatoms. The molecule has 142 valence electrons. The number of nitrogens with zero attached hydrogens (tertiary/aromatic N) is 4. The summed E-state index contributed by atoms with van der Waals surface area (Å²) in [4.78, 5) is 29.9. The third kappa shape index (κ3) is 3.81. The van der Waals surface area contributed by atoms with Crippen LogP contribution in [0, 0.1) is 0 Å². The van der Waals surface area contributed by atoms with Crippen molar-refractivity contribution in [3.05, 3.63) is 41.3 Å². The lowest BCUT2D eigenvalue weighted by Gasteiger charge is -2.24. The maximum atomic E-state index is 13.7. The Hall–Kier alpha value is -3.23. The number of hydrogen-bond acceptors (Lipinski definition) is 6. The molecule has 0 saturated heterocycles. The number of rotatable bonds is 2. The number of aromatic amines is 1. The molecule has 0 fully saturated rings. The molecule has 3 rings (SSSR count). The van der Waals surface area contributed by atoms with Gasteiger partial charge in [-0.25, -0.2) is 19.4 Å². The number of amides is 1. The van der Waals surface area contributed by atoms with Crippen LogP contribution in [-0.4, -0.2) is 58.7 Å². The van der Waals surface area contributed by atoms with E-state index in [9.17, 15) is 9.18 Å². The first-order chi connectivity index (χ1) is 12.9. The highest BCUT2D eigenvalue weighted by Gasteiger charge is 2.21. The quantitative estimate of drug-likeness (QED) is 0.788. The zero-order chi connectivity index (χ0) is 19.6. The molecule has 0 spiro atoms. The number of carbonyl (C=O) groups is 1. The molecule has 0 saturated carbocycles. The summed E-state index contributed by atoms with van der Waals surface area (Å²) in [6, 6.07) is 0. The van der Waals surface area contributed by atoms with Crippen LogP contribution in [0.4, 0.5) is 4.39 Å². The number of aromatic nitrogens is 3. The van der Waals surface area contributed by atoms with Gasteiger partial charge < -0.3 is 19.9 Å². The lowest BCUT2D eigenvalue weighted by molar-refractivity contribution is 0.0952. The number of carbonyl (C=O) groups excluding carboxylic acids is 1. The third-order valence-electron chi connectivity index (χ3n) is 4.20. The molecule has 8 nitrogen and oxygen atoms in total. The van der Waals surface area contributed by atoms with E-state index in [2.05, 4.69) is 32.0 Å². The van der Waals surface area contributed by atoms with Crippen LogP contribution in [0.25, 0.3) is 11.2 Å². The molecule has 0 aliphatic carbocycles. The molecule has 0 aromatic carbocycles. The van der Waals surface area contributed by atoms with Crippen molar-refractivity contribution in [2.75, 3.05) is 20.1 Å². The molecular weight excluding hydrogens is 351 g/mol. The summed E-state index contributed by atoms with van der Waals surface area (Å²) in [5.41, 5.74) is 1.78. The van der Waals surface area contributed by atoms with E-state index in [0.29, 0.717) is 41.2 Å². The largest absolute Gasteiger partial charge is 0.469 e. The Bertz CT molecular complexity index is 944. The molecule has 2 N–H and O–H groups in total. The Morgan fingerprint density at radius 1 is 1.56 bits per heavy atom. The number of halogens is 1. The van der Waals surface area contributed by atoms with Gasteiger partial charge in [-0.05, 0) is 26.6 Å². The zero-order valence-electron chi connectivity index (χ0n) is 15.4. The average Bonchev–Trinajstić information content (AvgIpc) is 3.03. The lowest BCUT2D eigenvalue weighted by Crippen LogP contribution is -2.33. The van der Waals surface area contributed by atoms with E-state index in [4.69, 9.17) is 4.74 Å². The van der Waals surface area contributed by atoms with Crippen LogP contribution >= 0.6 is 0 Å². The van der Waals surface area contributed by atoms with Crippen molar-refractivity contribution in [3.63, 3.8) is 0 Å². The van der Waals surface area contributed by atoms with Crippen LogP contribution < -0.4 is 10.1 Å². The maximum absolute atomic E-state index is 13.7. The fourth-order valence-electron chi connectivity index (χ4n) is 2.90. The fourth-order valence-corrected chi connectivity index (χ4v) is 2.90. The normalized spacial score (nSPS) is 21.9. The van der Waals surface area contributed by atoms with Crippen molar-refractivity contribution in [1.29, 1.82) is 0 Å². The van der Waals surface area contributed by atoms with Crippen LogP contribution in [-0.2, 0) is 0 Å². The van der Waals surface area contributed by atoms with E-state index < -0.39 is 6.10 Å². The number of fused-ring (bicyclic) bond motifs is 1. The molecule has 3 heterocycles. The Balaban J connectivity index is 2.13. The molecule has 2 bridgehead atoms. The predicted molar refractivity (Wildman–Crippen MR) is 100 cm³/mol. The van der Waals surface area contributed by atoms with E-state index in [1.54, 1.807) is 25.1 Å². The van der Waals surface area contributed by atoms with Gasteiger partial charge in [-0.1, -0.05) is 0 Å². The van der Waals surface area contributed by atoms with Crippen molar-refractivity contribution in [1.82, 2.24) is 25.2 Å². The second-order valence-corrected chi connectivity index (χ2v) is 6.21. The average molecular weight is 372 g/mol. The Labute approximate surface area is 155 Å². The second-order valence-electron chi connectivity index (χ2n) is 6.21. The van der Waals surface area contributed by atoms with Crippen molar-refractivity contribution in [2.24, 2.45) is 4.99 Å². The van der Waals surface area contributed by atoms with E-state index >= 15 is 0 Å². The molecule has 1 atom stereocenters. The number of allylic oxidation sites excluding steroid dienone is 1. The molecule has 0 radical (unpaired) electrons. The summed E-state index contributed by atoms with van der Waals surface area (Å²) in [5, 5.41) is 2.83. The Morgan fingerprint density at radius 3 is 3.04 bits per heavy atom. The minimum atomic E-state index is -0.572. The van der Waals surface area contributed by atoms with Gasteiger partial charge in [0.1, 0.15) is 17.4 Å². The fraction of sp³-hybridized carbons (Fsp3) is 0.333. The minimum Gasteiger partial charge on any atom is -0.469 e. The van der Waals surface area contributed by atoms with Gasteiger partial charge >= 0.3 is 0 Å². The first-order valence-electron chi connectivity index (χ1n) is 8.45. The third-order valence-corrected chi connectivity index (χ3v) is 4.20. The van der Waals surface area contributed by atoms with Crippen LogP contribution in [0.15, 0.2) is 40.7 Å². The van der Waals surface area contributed by atoms with Crippen LogP contribution in [0.5, 0.6) is 5.88 Å². The Kier molecular flexibility index (Phi) is 5.20. The number of H-pyrrole nitrogens is 1. The molecule has 2 aromatic rings. The topological polar surface area (TPSA) is 95.5 Å². The molecule has 1 unspecified atom stereocenters. The van der Waals surface area contributed by atoms with Gasteiger partial charge in [0.15, 0.2) is 5.65 Å². The van der Waals surface area contributed by atoms with Crippen LogP contribution in [0.2, 0.25) is 0 Å². The summed E-state index contributed by atoms with van der Waals surface area (Å²) in [6.45, 7) is 7.51. The first-order valence-corrected chi connectivity index (χ1v) is 8.45. The molecule has 1 aliphatic heterocycles. The van der Waals surface area contributed by atoms with Gasteiger partial charge in [-0.2, -0.15) is 0 Å². The molecule has 2 aromatic heterocycles. The van der Waals surface area contributed by atoms with Crippen molar-refractivity contribution >= 4 is 23.8 Å². The highest BCUT2D eigenvalue weighted by atomic mass is 19.1. The predicted octanol–water partition coefficient (Wildman–Crippen LogP) is 2.19. The van der Waals surface area contributed by atoms with Crippen LogP contribution in [0.1, 0.15) is 24.2 Å². The minimum absolute atomic E-state index is 0.219. The summed E-state index contributed by atoms with van der Waals surface area (Å²) in [6.07, 6.45) is 3.80. The number of ether oxygens (including phenoxy) is 1. The number of aliphatic imine (C=N–C) groups is 1. The SMILES string of the molecule is C=N/C1=C(\C=C(/C)F)C(C)Oc2cnc3[nH]cc(c3n2)C(=O)NCCN1C. The van der Waals surface area contributed by atoms with Gasteiger partial charge in [-0.15, -0.1) is 0 Å². The monoisotopic (exact) mass is 372 g/mol. The lowest BCUT2D eigenvalue weighted by atomic mass is 10.1. The van der Waals surface area contributed by atoms with Gasteiger partial charge in [0, 0.05) is 31.9 Å². The zero-order valence-corrected chi connectivity index (χ0v) is 15.4. The van der Waals surface area contributed by atoms with Gasteiger partial charge in [0.2, 0.25) is 5.88 Å². The molecular formula is C18H21FN6O2. The standard InChI is InChI=1S/C18H21FN6O2/c1-10(19)7-12-11(2)27-14-9-23-16-15(24-14)13(8-22-16)18(26)21-5-6-25(4)17(12)20-3/h7-9,11H,3,5-6H2,1-2,4H3,(H,21,26)(H,22,23)/b10-7+,17-12-. The summed E-state index contributed by atoms with van der Waals surface area (Å²) in [5.74, 6) is 0.0194. The van der Waals surface area contributed by atoms with E-state index in [-0.39, 0.29) is 17.6 Å². The van der Waals surface area contributed by atoms with Crippen molar-refractivity contribution in [3.8, 4) is 5.88 Å². The second kappa shape index (κ2) is 7.56. The van der Waals surface area contributed by atoms with E-state index in [0.717, 1.165) is 0 Å². The molecule has 27 heavy (non-hydrogen) atoms. The van der Waals surface area contributed by atoms with Crippen LogP contribution in [0.3, 0.4) is 0 Å². The highest BCUT2D eigenvalue weighted by molar-refractivity contribution is 6.04. The Morgan fingerprint density at radius 2 is 2.33 bits per heavy atom. The molecule has 1 aliphatic rings. The molecule has 1 amide bonds. The number of nitrogens with one attached hydrogen (secondary N) is 2. The highest BCUT2D eigenvalue weighted by Crippen LogP contribution is 2.23.